The van der Waals surface area contributed by atoms with Crippen molar-refractivity contribution in [1.29, 1.82) is 0 Å². The molecule has 2 nitrogen and oxygen atoms in total. The van der Waals surface area contributed by atoms with Crippen molar-refractivity contribution in [2.24, 2.45) is 5.41 Å². The van der Waals surface area contributed by atoms with Crippen LogP contribution in [0, 0.1) is 11.2 Å². The Balaban J connectivity index is 2.09. The largest absolute Gasteiger partial charge is 0.312 e. The summed E-state index contributed by atoms with van der Waals surface area (Å²) in [5.41, 5.74) is 0.993. The fourth-order valence-corrected chi connectivity index (χ4v) is 3.03. The quantitative estimate of drug-likeness (QED) is 0.879. The first-order chi connectivity index (χ1) is 9.36. The summed E-state index contributed by atoms with van der Waals surface area (Å²) < 4.78 is 14.8. The normalized spacial score (nSPS) is 21.8. The second-order valence-electron chi connectivity index (χ2n) is 6.70. The molecule has 1 aliphatic heterocycles. The van der Waals surface area contributed by atoms with E-state index in [0.29, 0.717) is 12.6 Å². The number of hydrogen-bond acceptors (Lipinski definition) is 2. The number of rotatable bonds is 2. The standard InChI is InChI=1S/C16H24BrFN2/c1-16(2,3)15-11-20(8-4-7-19-15)10-12-9-13(17)5-6-14(12)18/h5-6,9,15,19H,4,7-8,10-11H2,1-3H3. The third-order valence-corrected chi connectivity index (χ3v) is 4.42. The molecule has 1 aromatic carbocycles. The van der Waals surface area contributed by atoms with E-state index < -0.39 is 0 Å². The number of nitrogens with one attached hydrogen (secondary N) is 1. The van der Waals surface area contributed by atoms with Gasteiger partial charge in [-0.05, 0) is 43.1 Å². The van der Waals surface area contributed by atoms with E-state index in [1.54, 1.807) is 6.07 Å². The van der Waals surface area contributed by atoms with Crippen LogP contribution in [-0.4, -0.2) is 30.6 Å². The van der Waals surface area contributed by atoms with E-state index in [1.165, 1.54) is 6.07 Å². The number of halogens is 2. The van der Waals surface area contributed by atoms with Crippen molar-refractivity contribution in [2.45, 2.75) is 39.8 Å². The van der Waals surface area contributed by atoms with E-state index in [-0.39, 0.29) is 11.2 Å². The molecule has 1 fully saturated rings. The molecular weight excluding hydrogens is 319 g/mol. The van der Waals surface area contributed by atoms with Gasteiger partial charge in [-0.2, -0.15) is 0 Å². The highest BCUT2D eigenvalue weighted by Crippen LogP contribution is 2.23. The summed E-state index contributed by atoms with van der Waals surface area (Å²) in [7, 11) is 0. The molecule has 20 heavy (non-hydrogen) atoms. The second-order valence-corrected chi connectivity index (χ2v) is 7.61. The third-order valence-electron chi connectivity index (χ3n) is 3.93. The van der Waals surface area contributed by atoms with E-state index in [2.05, 4.69) is 46.9 Å². The fourth-order valence-electron chi connectivity index (χ4n) is 2.62. The maximum absolute atomic E-state index is 13.9. The van der Waals surface area contributed by atoms with Gasteiger partial charge in [0.15, 0.2) is 0 Å². The average Bonchev–Trinajstić information content (AvgIpc) is 2.59. The Morgan fingerprint density at radius 2 is 2.15 bits per heavy atom. The van der Waals surface area contributed by atoms with Gasteiger partial charge >= 0.3 is 0 Å². The summed E-state index contributed by atoms with van der Waals surface area (Å²) in [6, 6.07) is 5.62. The van der Waals surface area contributed by atoms with Crippen molar-refractivity contribution in [3.63, 3.8) is 0 Å². The van der Waals surface area contributed by atoms with Gasteiger partial charge in [-0.15, -0.1) is 0 Å². The van der Waals surface area contributed by atoms with E-state index in [1.807, 2.05) is 6.07 Å². The molecule has 0 aromatic heterocycles. The maximum atomic E-state index is 13.9. The molecule has 1 aliphatic rings. The predicted octanol–water partition coefficient (Wildman–Crippen LogP) is 3.80. The Morgan fingerprint density at radius 1 is 1.40 bits per heavy atom. The van der Waals surface area contributed by atoms with Crippen molar-refractivity contribution < 1.29 is 4.39 Å². The topological polar surface area (TPSA) is 15.3 Å². The van der Waals surface area contributed by atoms with Crippen LogP contribution in [0.4, 0.5) is 4.39 Å². The van der Waals surface area contributed by atoms with Crippen molar-refractivity contribution in [3.05, 3.63) is 34.1 Å². The minimum absolute atomic E-state index is 0.113. The van der Waals surface area contributed by atoms with E-state index in [9.17, 15) is 4.39 Å². The smallest absolute Gasteiger partial charge is 0.127 e. The van der Waals surface area contributed by atoms with E-state index in [0.717, 1.165) is 36.1 Å². The van der Waals surface area contributed by atoms with Crippen LogP contribution >= 0.6 is 15.9 Å². The van der Waals surface area contributed by atoms with Crippen molar-refractivity contribution >= 4 is 15.9 Å². The third kappa shape index (κ3) is 4.27. The van der Waals surface area contributed by atoms with Gasteiger partial charge in [0.25, 0.3) is 0 Å². The Kier molecular flexibility index (Phi) is 5.21. The summed E-state index contributed by atoms with van der Waals surface area (Å²) >= 11 is 3.42. The van der Waals surface area contributed by atoms with Crippen LogP contribution in [-0.2, 0) is 6.54 Å². The molecule has 0 saturated carbocycles. The second kappa shape index (κ2) is 6.54. The molecule has 0 spiro atoms. The Bertz CT molecular complexity index is 456. The maximum Gasteiger partial charge on any atom is 0.127 e. The predicted molar refractivity (Wildman–Crippen MR) is 85.2 cm³/mol. The molecule has 0 aliphatic carbocycles. The van der Waals surface area contributed by atoms with Gasteiger partial charge in [-0.25, -0.2) is 4.39 Å². The van der Waals surface area contributed by atoms with Crippen molar-refractivity contribution in [3.8, 4) is 0 Å². The average molecular weight is 343 g/mol. The lowest BCUT2D eigenvalue weighted by molar-refractivity contribution is 0.190. The van der Waals surface area contributed by atoms with Crippen LogP contribution in [0.5, 0.6) is 0 Å². The summed E-state index contributed by atoms with van der Waals surface area (Å²) in [6.45, 7) is 10.5. The van der Waals surface area contributed by atoms with Gasteiger partial charge < -0.3 is 5.32 Å². The zero-order valence-electron chi connectivity index (χ0n) is 12.5. The SMILES string of the molecule is CC(C)(C)C1CN(Cc2cc(Br)ccc2F)CCCN1. The van der Waals surface area contributed by atoms with E-state index in [4.69, 9.17) is 0 Å². The van der Waals surface area contributed by atoms with Gasteiger partial charge in [-0.3, -0.25) is 4.90 Å². The number of nitrogens with zero attached hydrogens (tertiary/aromatic N) is 1. The van der Waals surface area contributed by atoms with Gasteiger partial charge in [0.1, 0.15) is 5.82 Å². The highest BCUT2D eigenvalue weighted by atomic mass is 79.9. The minimum atomic E-state index is -0.113. The molecule has 0 radical (unpaired) electrons. The summed E-state index contributed by atoms with van der Waals surface area (Å²) in [4.78, 5) is 2.36. The van der Waals surface area contributed by atoms with Crippen LogP contribution in [0.25, 0.3) is 0 Å². The fraction of sp³-hybridized carbons (Fsp3) is 0.625. The molecule has 4 heteroatoms. The van der Waals surface area contributed by atoms with Crippen LogP contribution in [0.1, 0.15) is 32.8 Å². The lowest BCUT2D eigenvalue weighted by Crippen LogP contribution is -2.46. The molecule has 0 amide bonds. The van der Waals surface area contributed by atoms with Gasteiger partial charge in [0, 0.05) is 29.2 Å². The molecule has 1 unspecified atom stereocenters. The Morgan fingerprint density at radius 3 is 2.85 bits per heavy atom. The van der Waals surface area contributed by atoms with Crippen LogP contribution in [0.2, 0.25) is 0 Å². The lowest BCUT2D eigenvalue weighted by Gasteiger charge is -2.33. The molecule has 1 N–H and O–H groups in total. The first-order valence-electron chi connectivity index (χ1n) is 7.26. The molecule has 0 bridgehead atoms. The van der Waals surface area contributed by atoms with Crippen molar-refractivity contribution in [1.82, 2.24) is 10.2 Å². The highest BCUT2D eigenvalue weighted by Gasteiger charge is 2.28. The van der Waals surface area contributed by atoms with Gasteiger partial charge in [0.2, 0.25) is 0 Å². The molecule has 112 valence electrons. The van der Waals surface area contributed by atoms with Crippen molar-refractivity contribution in [2.75, 3.05) is 19.6 Å². The Labute approximate surface area is 129 Å². The Hall–Kier alpha value is -0.450. The van der Waals surface area contributed by atoms with Crippen LogP contribution < -0.4 is 5.32 Å². The molecular formula is C16H24BrFN2. The lowest BCUT2D eigenvalue weighted by atomic mass is 9.86. The zero-order valence-corrected chi connectivity index (χ0v) is 14.1. The minimum Gasteiger partial charge on any atom is -0.312 e. The molecule has 1 saturated heterocycles. The first kappa shape index (κ1) is 15.9. The summed E-state index contributed by atoms with van der Waals surface area (Å²) in [6.07, 6.45) is 1.11. The molecule has 2 rings (SSSR count). The molecule has 1 atom stereocenters. The van der Waals surface area contributed by atoms with Crippen LogP contribution in [0.15, 0.2) is 22.7 Å². The highest BCUT2D eigenvalue weighted by molar-refractivity contribution is 9.10. The van der Waals surface area contributed by atoms with E-state index >= 15 is 0 Å². The zero-order chi connectivity index (χ0) is 14.8. The molecule has 1 aromatic rings. The van der Waals surface area contributed by atoms with Gasteiger partial charge in [-0.1, -0.05) is 36.7 Å². The monoisotopic (exact) mass is 342 g/mol. The first-order valence-corrected chi connectivity index (χ1v) is 8.05. The summed E-state index contributed by atoms with van der Waals surface area (Å²) in [5.74, 6) is -0.113. The summed E-state index contributed by atoms with van der Waals surface area (Å²) in [5, 5.41) is 3.62. The van der Waals surface area contributed by atoms with Crippen LogP contribution in [0.3, 0.4) is 0 Å². The molecule has 1 heterocycles. The number of benzene rings is 1. The number of hydrogen-bond donors (Lipinski definition) is 1. The van der Waals surface area contributed by atoms with Gasteiger partial charge in [0.05, 0.1) is 0 Å².